The third-order valence-electron chi connectivity index (χ3n) is 4.77. The molecule has 0 spiro atoms. The quantitative estimate of drug-likeness (QED) is 0.937. The summed E-state index contributed by atoms with van der Waals surface area (Å²) in [5, 5.41) is 10.6. The van der Waals surface area contributed by atoms with Crippen molar-refractivity contribution >= 4 is 0 Å². The molecule has 0 radical (unpaired) electrons. The third-order valence-corrected chi connectivity index (χ3v) is 4.77. The van der Waals surface area contributed by atoms with E-state index in [1.165, 1.54) is 5.56 Å². The number of nitrogens with zero attached hydrogens (tertiary/aromatic N) is 3. The van der Waals surface area contributed by atoms with Gasteiger partial charge in [0.05, 0.1) is 30.4 Å². The Balaban J connectivity index is 1.60. The molecule has 0 aliphatic carbocycles. The van der Waals surface area contributed by atoms with Gasteiger partial charge in [0.2, 0.25) is 0 Å². The number of hydrogen-bond donors (Lipinski definition) is 1. The van der Waals surface area contributed by atoms with Crippen LogP contribution >= 0.6 is 0 Å². The summed E-state index contributed by atoms with van der Waals surface area (Å²) in [5.41, 5.74) is 3.48. The van der Waals surface area contributed by atoms with E-state index in [-0.39, 0.29) is 12.1 Å². The normalized spacial score (nSPS) is 22.8. The summed E-state index contributed by atoms with van der Waals surface area (Å²) in [6.45, 7) is 1.53. The molecule has 0 saturated carbocycles. The number of pyridine rings is 1. The second kappa shape index (κ2) is 5.24. The van der Waals surface area contributed by atoms with Gasteiger partial charge in [0.25, 0.3) is 0 Å². The van der Waals surface area contributed by atoms with E-state index in [9.17, 15) is 5.11 Å². The molecule has 4 rings (SSSR count). The molecule has 0 amide bonds. The van der Waals surface area contributed by atoms with Crippen molar-refractivity contribution in [3.63, 3.8) is 0 Å². The van der Waals surface area contributed by atoms with Gasteiger partial charge in [0, 0.05) is 31.2 Å². The first kappa shape index (κ1) is 13.0. The maximum atomic E-state index is 10.6. The lowest BCUT2D eigenvalue weighted by molar-refractivity contribution is 0.00151. The number of rotatable bonds is 3. The number of aliphatic hydroxyl groups excluding tert-OH is 1. The van der Waals surface area contributed by atoms with Crippen molar-refractivity contribution in [2.24, 2.45) is 5.92 Å². The molecule has 1 fully saturated rings. The van der Waals surface area contributed by atoms with Crippen molar-refractivity contribution in [2.75, 3.05) is 13.2 Å². The summed E-state index contributed by atoms with van der Waals surface area (Å²) in [7, 11) is 0. The Labute approximate surface area is 123 Å². The zero-order valence-corrected chi connectivity index (χ0v) is 11.9. The number of fused-ring (bicyclic) bond motifs is 3. The van der Waals surface area contributed by atoms with E-state index in [1.807, 2.05) is 24.9 Å². The lowest BCUT2D eigenvalue weighted by Crippen LogP contribution is -2.29. The van der Waals surface area contributed by atoms with Crippen LogP contribution in [0.3, 0.4) is 0 Å². The van der Waals surface area contributed by atoms with E-state index in [0.29, 0.717) is 5.92 Å². The van der Waals surface area contributed by atoms with Gasteiger partial charge in [-0.25, -0.2) is 4.98 Å². The van der Waals surface area contributed by atoms with Crippen molar-refractivity contribution in [2.45, 2.75) is 31.4 Å². The molecule has 2 atom stereocenters. The van der Waals surface area contributed by atoms with Crippen LogP contribution in [-0.4, -0.2) is 39.0 Å². The molecule has 1 saturated heterocycles. The van der Waals surface area contributed by atoms with Gasteiger partial charge in [-0.05, 0) is 36.8 Å². The van der Waals surface area contributed by atoms with E-state index in [1.54, 1.807) is 0 Å². The lowest BCUT2D eigenvalue weighted by Gasteiger charge is -2.29. The Morgan fingerprint density at radius 3 is 3.00 bits per heavy atom. The van der Waals surface area contributed by atoms with Crippen LogP contribution in [0, 0.1) is 5.92 Å². The van der Waals surface area contributed by atoms with Gasteiger partial charge in [-0.3, -0.25) is 4.98 Å². The summed E-state index contributed by atoms with van der Waals surface area (Å²) < 4.78 is 7.55. The van der Waals surface area contributed by atoms with Crippen molar-refractivity contribution in [3.8, 4) is 11.3 Å². The van der Waals surface area contributed by atoms with Gasteiger partial charge < -0.3 is 14.4 Å². The first-order chi connectivity index (χ1) is 10.3. The number of aliphatic hydroxyl groups is 1. The minimum Gasteiger partial charge on any atom is -0.393 e. The van der Waals surface area contributed by atoms with Crippen molar-refractivity contribution in [3.05, 3.63) is 36.5 Å². The Morgan fingerprint density at radius 2 is 2.14 bits per heavy atom. The molecule has 2 unspecified atom stereocenters. The van der Waals surface area contributed by atoms with Crippen LogP contribution in [0.5, 0.6) is 0 Å². The van der Waals surface area contributed by atoms with Gasteiger partial charge in [0.15, 0.2) is 0 Å². The van der Waals surface area contributed by atoms with Crippen LogP contribution in [0.4, 0.5) is 0 Å². The van der Waals surface area contributed by atoms with Crippen LogP contribution < -0.4 is 0 Å². The Hall–Kier alpha value is -1.72. The average molecular weight is 285 g/mol. The topological polar surface area (TPSA) is 60.2 Å². The number of hydrogen-bond acceptors (Lipinski definition) is 4. The van der Waals surface area contributed by atoms with Crippen LogP contribution in [0.2, 0.25) is 0 Å². The zero-order valence-electron chi connectivity index (χ0n) is 11.9. The van der Waals surface area contributed by atoms with Crippen LogP contribution in [0.1, 0.15) is 30.9 Å². The second-order valence-corrected chi connectivity index (χ2v) is 5.92. The van der Waals surface area contributed by atoms with Gasteiger partial charge in [-0.1, -0.05) is 0 Å². The van der Waals surface area contributed by atoms with Crippen LogP contribution in [0.15, 0.2) is 31.0 Å². The van der Waals surface area contributed by atoms with Crippen LogP contribution in [0.25, 0.3) is 11.3 Å². The first-order valence-electron chi connectivity index (χ1n) is 7.56. The standard InChI is InChI=1S/C16H19N3O2/c20-16(11-2-5-21-6-3-11)7-14-12-1-4-17-8-13(12)15-9-18-10-19(14)15/h1,4,8-11,14,16,20H,2-3,5-7H2. The number of ether oxygens (including phenoxy) is 1. The molecule has 2 aromatic rings. The van der Waals surface area contributed by atoms with E-state index in [4.69, 9.17) is 4.74 Å². The number of imidazole rings is 1. The molecule has 2 aromatic heterocycles. The summed E-state index contributed by atoms with van der Waals surface area (Å²) >= 11 is 0. The molecule has 1 N–H and O–H groups in total. The highest BCUT2D eigenvalue weighted by atomic mass is 16.5. The molecule has 4 heterocycles. The molecule has 21 heavy (non-hydrogen) atoms. The summed E-state index contributed by atoms with van der Waals surface area (Å²) in [4.78, 5) is 8.46. The Bertz CT molecular complexity index is 634. The number of aromatic nitrogens is 3. The fraction of sp³-hybridized carbons (Fsp3) is 0.500. The molecule has 0 aromatic carbocycles. The van der Waals surface area contributed by atoms with Gasteiger partial charge in [0.1, 0.15) is 0 Å². The van der Waals surface area contributed by atoms with Crippen molar-refractivity contribution in [1.82, 2.24) is 14.5 Å². The predicted molar refractivity (Wildman–Crippen MR) is 77.8 cm³/mol. The van der Waals surface area contributed by atoms with Gasteiger partial charge in [-0.15, -0.1) is 0 Å². The minimum absolute atomic E-state index is 0.165. The van der Waals surface area contributed by atoms with E-state index in [2.05, 4.69) is 20.6 Å². The van der Waals surface area contributed by atoms with Crippen LogP contribution in [-0.2, 0) is 4.74 Å². The highest BCUT2D eigenvalue weighted by molar-refractivity contribution is 5.67. The predicted octanol–water partition coefficient (Wildman–Crippen LogP) is 2.03. The SMILES string of the molecule is OC(CC1c2ccncc2-c2cncn21)C1CCOCC1. The molecule has 5 heteroatoms. The second-order valence-electron chi connectivity index (χ2n) is 5.92. The van der Waals surface area contributed by atoms with Crippen molar-refractivity contribution < 1.29 is 9.84 Å². The molecule has 2 aliphatic rings. The minimum atomic E-state index is -0.298. The summed E-state index contributed by atoms with van der Waals surface area (Å²) in [6, 6.07) is 2.22. The third kappa shape index (κ3) is 2.17. The highest BCUT2D eigenvalue weighted by Gasteiger charge is 2.32. The maximum Gasteiger partial charge on any atom is 0.0956 e. The fourth-order valence-electron chi connectivity index (χ4n) is 3.58. The van der Waals surface area contributed by atoms with E-state index >= 15 is 0 Å². The molecule has 0 bridgehead atoms. The molecule has 110 valence electrons. The molecule has 2 aliphatic heterocycles. The molecular weight excluding hydrogens is 266 g/mol. The molecular formula is C16H19N3O2. The monoisotopic (exact) mass is 285 g/mol. The highest BCUT2D eigenvalue weighted by Crippen LogP contribution is 2.41. The summed E-state index contributed by atoms with van der Waals surface area (Å²) in [5.74, 6) is 0.344. The Morgan fingerprint density at radius 1 is 1.29 bits per heavy atom. The largest absolute Gasteiger partial charge is 0.393 e. The van der Waals surface area contributed by atoms with Gasteiger partial charge in [-0.2, -0.15) is 0 Å². The smallest absolute Gasteiger partial charge is 0.0956 e. The van der Waals surface area contributed by atoms with E-state index < -0.39 is 0 Å². The van der Waals surface area contributed by atoms with E-state index in [0.717, 1.165) is 43.7 Å². The van der Waals surface area contributed by atoms with Crippen molar-refractivity contribution in [1.29, 1.82) is 0 Å². The molecule has 5 nitrogen and oxygen atoms in total. The zero-order chi connectivity index (χ0) is 14.2. The lowest BCUT2D eigenvalue weighted by atomic mass is 9.88. The van der Waals surface area contributed by atoms with Gasteiger partial charge >= 0.3 is 0 Å². The summed E-state index contributed by atoms with van der Waals surface area (Å²) in [6.07, 6.45) is 9.79. The maximum absolute atomic E-state index is 10.6. The Kier molecular flexibility index (Phi) is 3.24. The average Bonchev–Trinajstić information content (AvgIpc) is 3.11. The first-order valence-corrected chi connectivity index (χ1v) is 7.56. The fourth-order valence-corrected chi connectivity index (χ4v) is 3.58.